The van der Waals surface area contributed by atoms with Gasteiger partial charge in [0.25, 0.3) is 0 Å². The Morgan fingerprint density at radius 1 is 1.14 bits per heavy atom. The Kier molecular flexibility index (Phi) is 5.83. The van der Waals surface area contributed by atoms with Crippen LogP contribution in [-0.4, -0.2) is 20.1 Å². The second-order valence-electron chi connectivity index (χ2n) is 4.71. The summed E-state index contributed by atoms with van der Waals surface area (Å²) >= 11 is 3.41. The predicted molar refractivity (Wildman–Crippen MR) is 90.6 cm³/mol. The lowest BCUT2D eigenvalue weighted by molar-refractivity contribution is -0.116. The lowest BCUT2D eigenvalue weighted by Crippen LogP contribution is -2.13. The van der Waals surface area contributed by atoms with Crippen LogP contribution >= 0.6 is 15.9 Å². The molecule has 0 heterocycles. The van der Waals surface area contributed by atoms with Gasteiger partial charge in [-0.05, 0) is 58.2 Å². The molecule has 1 N–H and O–H groups in total. The van der Waals surface area contributed by atoms with Crippen LogP contribution in [0, 0.1) is 0 Å². The molecule has 4 nitrogen and oxygen atoms in total. The van der Waals surface area contributed by atoms with E-state index in [9.17, 15) is 4.79 Å². The number of halogens is 1. The second-order valence-corrected chi connectivity index (χ2v) is 5.56. The fourth-order valence-corrected chi connectivity index (χ4v) is 2.48. The number of nitrogens with one attached hydrogen (secondary N) is 1. The van der Waals surface area contributed by atoms with Gasteiger partial charge in [0.15, 0.2) is 0 Å². The maximum Gasteiger partial charge on any atom is 0.224 e. The highest BCUT2D eigenvalue weighted by molar-refractivity contribution is 9.10. The van der Waals surface area contributed by atoms with Crippen LogP contribution in [0.4, 0.5) is 5.69 Å². The van der Waals surface area contributed by atoms with Gasteiger partial charge in [0.05, 0.1) is 19.9 Å². The number of hydrogen-bond acceptors (Lipinski definition) is 3. The van der Waals surface area contributed by atoms with Crippen molar-refractivity contribution in [2.45, 2.75) is 12.8 Å². The fraction of sp³-hybridized carbons (Fsp3) is 0.235. The minimum Gasteiger partial charge on any atom is -0.497 e. The lowest BCUT2D eigenvalue weighted by Gasteiger charge is -2.11. The average molecular weight is 364 g/mol. The normalized spacial score (nSPS) is 10.1. The highest BCUT2D eigenvalue weighted by Crippen LogP contribution is 2.26. The second kappa shape index (κ2) is 7.84. The van der Waals surface area contributed by atoms with Crippen molar-refractivity contribution in [1.29, 1.82) is 0 Å². The summed E-state index contributed by atoms with van der Waals surface area (Å²) < 4.78 is 11.4. The van der Waals surface area contributed by atoms with E-state index in [2.05, 4.69) is 21.2 Å². The Hall–Kier alpha value is -2.01. The Labute approximate surface area is 138 Å². The number of anilines is 1. The van der Waals surface area contributed by atoms with Crippen molar-refractivity contribution >= 4 is 27.5 Å². The fourth-order valence-electron chi connectivity index (χ4n) is 2.10. The molecule has 0 aromatic heterocycles. The zero-order valence-corrected chi connectivity index (χ0v) is 14.1. The third-order valence-corrected chi connectivity index (χ3v) is 3.95. The third-order valence-electron chi connectivity index (χ3n) is 3.26. The highest BCUT2D eigenvalue weighted by atomic mass is 79.9. The summed E-state index contributed by atoms with van der Waals surface area (Å²) in [6.07, 6.45) is 0.946. The number of hydrogen-bond donors (Lipinski definition) is 1. The molecule has 116 valence electrons. The highest BCUT2D eigenvalue weighted by Gasteiger charge is 2.09. The standard InChI is InChI=1S/C17H18BrNO3/c1-21-13-8-9-16(22-2)12(11-13)7-10-17(20)19-15-6-4-3-5-14(15)18/h3-6,8-9,11H,7,10H2,1-2H3,(H,19,20). The molecule has 5 heteroatoms. The van der Waals surface area contributed by atoms with Gasteiger partial charge < -0.3 is 14.8 Å². The molecular weight excluding hydrogens is 346 g/mol. The zero-order valence-electron chi connectivity index (χ0n) is 12.6. The summed E-state index contributed by atoms with van der Waals surface area (Å²) in [6.45, 7) is 0. The van der Waals surface area contributed by atoms with Crippen LogP contribution in [-0.2, 0) is 11.2 Å². The van der Waals surface area contributed by atoms with E-state index in [1.807, 2.05) is 42.5 Å². The van der Waals surface area contributed by atoms with Crippen molar-refractivity contribution in [3.8, 4) is 11.5 Å². The summed E-state index contributed by atoms with van der Waals surface area (Å²) in [6, 6.07) is 13.1. The summed E-state index contributed by atoms with van der Waals surface area (Å²) in [5, 5.41) is 2.89. The molecular formula is C17H18BrNO3. The van der Waals surface area contributed by atoms with E-state index in [0.29, 0.717) is 12.8 Å². The molecule has 2 aromatic rings. The van der Waals surface area contributed by atoms with Gasteiger partial charge in [0, 0.05) is 10.9 Å². The summed E-state index contributed by atoms with van der Waals surface area (Å²) in [5.74, 6) is 1.47. The van der Waals surface area contributed by atoms with Gasteiger partial charge in [-0.15, -0.1) is 0 Å². The number of benzene rings is 2. The molecule has 0 radical (unpaired) electrons. The van der Waals surface area contributed by atoms with Gasteiger partial charge in [-0.2, -0.15) is 0 Å². The quantitative estimate of drug-likeness (QED) is 0.842. The number of methoxy groups -OCH3 is 2. The van der Waals surface area contributed by atoms with Crippen molar-refractivity contribution in [3.63, 3.8) is 0 Å². The monoisotopic (exact) mass is 363 g/mol. The molecule has 0 aliphatic carbocycles. The molecule has 0 spiro atoms. The molecule has 0 bridgehead atoms. The first kappa shape index (κ1) is 16.4. The third kappa shape index (κ3) is 4.24. The SMILES string of the molecule is COc1ccc(OC)c(CCC(=O)Nc2ccccc2Br)c1. The first-order chi connectivity index (χ1) is 10.6. The number of aryl methyl sites for hydroxylation is 1. The van der Waals surface area contributed by atoms with E-state index in [4.69, 9.17) is 9.47 Å². The van der Waals surface area contributed by atoms with E-state index in [-0.39, 0.29) is 5.91 Å². The smallest absolute Gasteiger partial charge is 0.224 e. The molecule has 0 aliphatic rings. The molecule has 1 amide bonds. The van der Waals surface area contributed by atoms with Crippen molar-refractivity contribution in [2.24, 2.45) is 0 Å². The maximum atomic E-state index is 12.1. The minimum absolute atomic E-state index is 0.0447. The van der Waals surface area contributed by atoms with Crippen molar-refractivity contribution in [3.05, 3.63) is 52.5 Å². The number of rotatable bonds is 6. The van der Waals surface area contributed by atoms with Crippen LogP contribution in [0.1, 0.15) is 12.0 Å². The van der Waals surface area contributed by atoms with Crippen LogP contribution in [0.25, 0.3) is 0 Å². The van der Waals surface area contributed by atoms with Gasteiger partial charge in [0.2, 0.25) is 5.91 Å². The van der Waals surface area contributed by atoms with Crippen LogP contribution in [0.3, 0.4) is 0 Å². The maximum absolute atomic E-state index is 12.1. The van der Waals surface area contributed by atoms with Crippen molar-refractivity contribution < 1.29 is 14.3 Å². The molecule has 2 rings (SSSR count). The predicted octanol–water partition coefficient (Wildman–Crippen LogP) is 4.04. The number of ether oxygens (including phenoxy) is 2. The first-order valence-electron chi connectivity index (χ1n) is 6.89. The van der Waals surface area contributed by atoms with Gasteiger partial charge in [-0.1, -0.05) is 12.1 Å². The number of para-hydroxylation sites is 1. The largest absolute Gasteiger partial charge is 0.497 e. The Balaban J connectivity index is 2.00. The Morgan fingerprint density at radius 2 is 1.91 bits per heavy atom. The number of carbonyl (C=O) groups is 1. The molecule has 0 saturated carbocycles. The topological polar surface area (TPSA) is 47.6 Å². The molecule has 0 saturated heterocycles. The van der Waals surface area contributed by atoms with Crippen LogP contribution in [0.2, 0.25) is 0 Å². The number of amides is 1. The molecule has 0 aliphatic heterocycles. The minimum atomic E-state index is -0.0447. The van der Waals surface area contributed by atoms with Crippen LogP contribution in [0.5, 0.6) is 11.5 Å². The molecule has 22 heavy (non-hydrogen) atoms. The molecule has 0 atom stereocenters. The Bertz CT molecular complexity index is 658. The summed E-state index contributed by atoms with van der Waals surface area (Å²) in [4.78, 5) is 12.1. The van der Waals surface area contributed by atoms with E-state index in [1.54, 1.807) is 14.2 Å². The van der Waals surface area contributed by atoms with Crippen molar-refractivity contribution in [1.82, 2.24) is 0 Å². The van der Waals surface area contributed by atoms with Gasteiger partial charge >= 0.3 is 0 Å². The average Bonchev–Trinajstić information content (AvgIpc) is 2.54. The van der Waals surface area contributed by atoms with E-state index < -0.39 is 0 Å². The lowest BCUT2D eigenvalue weighted by atomic mass is 10.1. The summed E-state index contributed by atoms with van der Waals surface area (Å²) in [5.41, 5.74) is 1.72. The molecule has 0 fully saturated rings. The number of carbonyl (C=O) groups excluding carboxylic acids is 1. The zero-order chi connectivity index (χ0) is 15.9. The first-order valence-corrected chi connectivity index (χ1v) is 7.68. The van der Waals surface area contributed by atoms with E-state index in [0.717, 1.165) is 27.2 Å². The van der Waals surface area contributed by atoms with Gasteiger partial charge in [-0.3, -0.25) is 4.79 Å². The van der Waals surface area contributed by atoms with Gasteiger partial charge in [0.1, 0.15) is 11.5 Å². The van der Waals surface area contributed by atoms with E-state index >= 15 is 0 Å². The Morgan fingerprint density at radius 3 is 2.59 bits per heavy atom. The summed E-state index contributed by atoms with van der Waals surface area (Å²) in [7, 11) is 3.23. The van der Waals surface area contributed by atoms with Crippen LogP contribution < -0.4 is 14.8 Å². The van der Waals surface area contributed by atoms with E-state index in [1.165, 1.54) is 0 Å². The molecule has 2 aromatic carbocycles. The van der Waals surface area contributed by atoms with Crippen LogP contribution in [0.15, 0.2) is 46.9 Å². The molecule has 0 unspecified atom stereocenters. The van der Waals surface area contributed by atoms with Crippen molar-refractivity contribution in [2.75, 3.05) is 19.5 Å². The van der Waals surface area contributed by atoms with Gasteiger partial charge in [-0.25, -0.2) is 0 Å².